The van der Waals surface area contributed by atoms with Crippen molar-refractivity contribution in [3.8, 4) is 0 Å². The van der Waals surface area contributed by atoms with Crippen molar-refractivity contribution in [3.63, 3.8) is 0 Å². The molecule has 9 aliphatic rings. The molecule has 8 fully saturated rings. The molecular formula is C81H96Cl3FIKN12O23. The van der Waals surface area contributed by atoms with E-state index in [0.29, 0.717) is 66.9 Å². The molecule has 6 amide bonds. The van der Waals surface area contributed by atoms with Gasteiger partial charge in [0.05, 0.1) is 154 Å². The monoisotopic (exact) mass is 1940 g/mol. The number of carbonyl (C=O) groups is 6. The van der Waals surface area contributed by atoms with Crippen LogP contribution in [0.1, 0.15) is 84.1 Å². The Hall–Kier alpha value is -8.60. The molecule has 0 radical (unpaired) electrons. The predicted molar refractivity (Wildman–Crippen MR) is 462 cm³/mol. The molecule has 0 bridgehead atoms. The summed E-state index contributed by atoms with van der Waals surface area (Å²) >= 11 is 18.4. The molecule has 5 N–H and O–H groups in total. The molecule has 9 aliphatic heterocycles. The number of non-ortho nitro benzene ring substituents is 3. The van der Waals surface area contributed by atoms with Gasteiger partial charge in [-0.25, -0.2) is 14.2 Å². The van der Waals surface area contributed by atoms with E-state index in [2.05, 4.69) is 33.4 Å². The average Bonchev–Trinajstić information content (AvgIpc) is 0.714. The number of nitrogens with two attached hydrogens (primary N) is 1. The third-order valence-electron chi connectivity index (χ3n) is 14.5. The standard InChI is InChI=1S/C14H15ClN2O4.C14H18ClNO3.C10H10N2O4.C10H12N2O3.C10H12N2O2.C8H5NO2.C6H4FNO2.C4H9NO.C3H5ClO.CH3I.CH4O.K/c15-7-12-8-17(14(19)21-12)11-3-1-10(2-4-11)16-5-6-20-9-13(16)18;15-9-13(17)6-3-11-1-4-12(5-2-11)16-7-8-19-10-14(16)18;13-10-7-16-6-5-11(10)8-1-3-9(4-2-8)12(14)15;13-12(14)10-3-1-9(2-4-10)11-5-7-15-8-6-11;11-8-1-3-9(4-2-8)12-5-6-14-7-10(12)13;10-7-5-3-1-2-4-6(5)8(11)9-7;7-5-1-3-6(4-2-5)8(9)10;1-3-6-4-2-5-1;4-1-3-2-5-3;2*1-2;/h1-4,12H,5-9H2;1-2,4-5,13,17H,3,6-10H2;1-4H,5-7H2;1-4H,5-8H2;1-4H,5-7,11H2;1-4H,(H,9,10,11);1-4H;5H,1-4H2;3H,1-2H2;1H3;2H,1H3;/q;;;;;;;;;;;+1/p-1/t12-;13-;;;;;;;3-;;;/m01......0.../s1/i5D2,6D2,9D2;7D2,8D2,10D2;5D2,6D2,7D2;5D2,6D2,7D2,8D2;5D2,6D2,7D2;;;1D2,2D2,3D2,4D2;;1D;;. The number of hydrogen-bond acceptors (Lipinski definition) is 26. The molecule has 41 heteroatoms. The Labute approximate surface area is 832 Å². The van der Waals surface area contributed by atoms with E-state index in [1.165, 1.54) is 65.6 Å². The first-order valence-corrected chi connectivity index (χ1v) is 36.6. The zero-order valence-electron chi connectivity index (χ0n) is 104. The second-order valence-electron chi connectivity index (χ2n) is 22.3. The van der Waals surface area contributed by atoms with Crippen molar-refractivity contribution in [2.24, 2.45) is 4.99 Å². The van der Waals surface area contributed by atoms with Gasteiger partial charge in [0.15, 0.2) is 0 Å². The van der Waals surface area contributed by atoms with Crippen molar-refractivity contribution in [2.75, 3.05) is 209 Å². The molecule has 654 valence electrons. The normalized spacial score (nSPS) is 30.7. The number of benzene rings is 7. The van der Waals surface area contributed by atoms with Gasteiger partial charge in [-0.2, -0.15) is 0 Å². The van der Waals surface area contributed by atoms with Crippen molar-refractivity contribution < 1.29 is 209 Å². The number of epoxide rings is 1. The smallest absolute Gasteiger partial charge is 0.858 e. The van der Waals surface area contributed by atoms with Gasteiger partial charge in [0.1, 0.15) is 38.2 Å². The van der Waals surface area contributed by atoms with Crippen molar-refractivity contribution in [1.29, 1.82) is 0 Å². The van der Waals surface area contributed by atoms with Crippen LogP contribution in [-0.2, 0) is 63.5 Å². The maximum atomic E-state index is 12.3. The SMILES string of the molecule is CO.ClC[C@H]1CO1.O=C1N=C([O-])c2ccccc21.O=[N+]([O-])c1ccc(F)cc1.[2H]C1([2H])NC([2H])([2H])C([2H])([2H])OC1([2H])[2H].[2H]C1([2H])OC([2H])([2H])C([2H])([2H])N(c2ccc(CC[C@@H](O)CCl)cc2)C1=O.[2H]C1([2H])OC([2H])([2H])C([2H])([2H])N(c2ccc(N)cc2)C1=O.[2H]C1([2H])OC([2H])([2H])C([2H])([2H])N(c2ccc(N3C[C@H](CCl)OC3=O)cc2)C1=O.[2H]C1([2H])OC([2H])([2H])C([2H])([2H])N(c2ccc([N+](=O)[O-])cc2)C1([2H])[2H].[2H]C1([2H])OC([2H])([2H])C([2H])([2H])N(c2ccc([N+](=O)[O-])cc2)C1=O.[2H]CI.[K+]. The number of amides is 6. The van der Waals surface area contributed by atoms with E-state index in [0.717, 1.165) is 92.1 Å². The van der Waals surface area contributed by atoms with Crippen LogP contribution in [0.3, 0.4) is 0 Å². The average molecular weight is 1940 g/mol. The zero-order chi connectivity index (χ0) is 125. The Balaban J connectivity index is 0.000000326. The second-order valence-corrected chi connectivity index (χ2v) is 23.3. The van der Waals surface area contributed by atoms with Crippen molar-refractivity contribution in [2.45, 2.75) is 31.2 Å². The Morgan fingerprint density at radius 3 is 1.25 bits per heavy atom. The summed E-state index contributed by atoms with van der Waals surface area (Å²) in [5.41, 5.74) is 6.60. The minimum Gasteiger partial charge on any atom is -0.858 e. The number of nitro groups is 3. The number of aryl methyl sites for hydroxylation is 1. The van der Waals surface area contributed by atoms with E-state index in [4.69, 9.17) is 111 Å². The first kappa shape index (κ1) is 57.1. The van der Waals surface area contributed by atoms with E-state index in [1.54, 1.807) is 41.7 Å². The van der Waals surface area contributed by atoms with Gasteiger partial charge in [-0.05, 0) is 138 Å². The van der Waals surface area contributed by atoms with Crippen molar-refractivity contribution >= 4 is 156 Å². The molecule has 0 unspecified atom stereocenters. The second kappa shape index (κ2) is 57.8. The molecule has 7 aromatic rings. The van der Waals surface area contributed by atoms with Crippen LogP contribution in [0.2, 0.25) is 0 Å². The number of morpholine rings is 6. The van der Waals surface area contributed by atoms with E-state index in [-0.39, 0.29) is 125 Å². The van der Waals surface area contributed by atoms with Crippen LogP contribution in [0.15, 0.2) is 175 Å². The number of cyclic esters (lactones) is 1. The van der Waals surface area contributed by atoms with Gasteiger partial charge in [-0.3, -0.25) is 59.2 Å². The summed E-state index contributed by atoms with van der Waals surface area (Å²) in [6, 6.07) is 35.9. The number of hydrogen-bond donors (Lipinski definition) is 4. The summed E-state index contributed by atoms with van der Waals surface area (Å²) < 4.78 is 355. The van der Waals surface area contributed by atoms with Crippen LogP contribution >= 0.6 is 57.4 Å². The number of nitrogens with one attached hydrogen (secondary N) is 1. The minimum atomic E-state index is -3.16. The fourth-order valence-corrected chi connectivity index (χ4v) is 9.31. The molecule has 9 heterocycles. The summed E-state index contributed by atoms with van der Waals surface area (Å²) in [6.45, 7) is -58.9. The van der Waals surface area contributed by atoms with Gasteiger partial charge in [0.2, 0.25) is 0 Å². The largest absolute Gasteiger partial charge is 1.00 e. The summed E-state index contributed by atoms with van der Waals surface area (Å²) in [7, 11) is 1.00. The summed E-state index contributed by atoms with van der Waals surface area (Å²) in [5.74, 6) is -5.86. The van der Waals surface area contributed by atoms with Gasteiger partial charge in [-0.1, -0.05) is 52.9 Å². The number of fused-ring (bicyclic) bond motifs is 1. The number of carbonyl (C=O) groups excluding carboxylic acids is 6. The van der Waals surface area contributed by atoms with Gasteiger partial charge in [0, 0.05) is 154 Å². The summed E-state index contributed by atoms with van der Waals surface area (Å²) in [4.78, 5) is 108. The van der Waals surface area contributed by atoms with Crippen molar-refractivity contribution in [1.82, 2.24) is 5.32 Å². The van der Waals surface area contributed by atoms with Gasteiger partial charge in [-0.15, -0.1) is 34.8 Å². The third kappa shape index (κ3) is 35.9. The number of aliphatic hydroxyl groups is 2. The molecule has 35 nitrogen and oxygen atoms in total. The molecule has 8 saturated heterocycles. The number of halogens is 5. The van der Waals surface area contributed by atoms with E-state index in [1.807, 2.05) is 22.6 Å². The van der Waals surface area contributed by atoms with Gasteiger partial charge >= 0.3 is 57.5 Å². The van der Waals surface area contributed by atoms with E-state index < -0.39 is 205 Å². The Bertz CT molecular complexity index is 6370. The Morgan fingerprint density at radius 2 is 0.893 bits per heavy atom. The number of rotatable bonds is 15. The predicted octanol–water partition coefficient (Wildman–Crippen LogP) is 5.79. The van der Waals surface area contributed by atoms with Crippen LogP contribution in [0.4, 0.5) is 66.1 Å². The van der Waals surface area contributed by atoms with Crippen LogP contribution < -0.4 is 96.9 Å². The molecule has 0 saturated carbocycles. The zero-order valence-corrected chi connectivity index (χ0v) is 70.5. The minimum absolute atomic E-state index is 0. The number of aliphatic hydroxyl groups excluding tert-OH is 2. The number of nitrogen functional groups attached to an aromatic ring is 1. The fourth-order valence-electron chi connectivity index (χ4n) is 8.82. The molecular weight excluding hydrogens is 1800 g/mol. The van der Waals surface area contributed by atoms with Gasteiger partial charge < -0.3 is 88.8 Å². The van der Waals surface area contributed by atoms with Crippen LogP contribution in [-0.4, -0.2) is 258 Å². The van der Waals surface area contributed by atoms with E-state index >= 15 is 0 Å². The summed E-state index contributed by atoms with van der Waals surface area (Å²) in [6.07, 6.45) is -0.357. The van der Waals surface area contributed by atoms with E-state index in [9.17, 15) is 73.7 Å². The number of nitrogens with zero attached hydrogens (tertiary/aromatic N) is 10. The van der Waals surface area contributed by atoms with Crippen LogP contribution in [0.25, 0.3) is 0 Å². The number of nitro benzene ring substituents is 3. The number of aliphatic imine (C=N–C) groups is 1. The number of ether oxygens (including phenoxy) is 8. The first-order valence-electron chi connectivity index (χ1n) is 54.2. The molecule has 0 spiro atoms. The first-order chi connectivity index (χ1) is 73.7. The third-order valence-corrected chi connectivity index (χ3v) is 15.6. The van der Waals surface area contributed by atoms with Crippen LogP contribution in [0.5, 0.6) is 0 Å². The van der Waals surface area contributed by atoms with Gasteiger partial charge in [0.25, 0.3) is 46.6 Å². The molecule has 3 atom stereocenters. The molecule has 122 heavy (non-hydrogen) atoms. The maximum absolute atomic E-state index is 12.3. The summed E-state index contributed by atoms with van der Waals surface area (Å²) in [5, 5.41) is 60.2. The maximum Gasteiger partial charge on any atom is 1.00 e. The molecule has 16 rings (SSSR count). The topological polar surface area (TPSA) is 442 Å². The fraction of sp³-hybridized carbons (Fsp3) is 0.395. The molecule has 0 aromatic heterocycles. The Morgan fingerprint density at radius 1 is 0.541 bits per heavy atom. The molecule has 0 aliphatic carbocycles. The quantitative estimate of drug-likeness (QED) is 0.0179. The van der Waals surface area contributed by atoms with Crippen molar-refractivity contribution in [3.05, 3.63) is 223 Å². The molecule has 7 aromatic carbocycles. The number of anilines is 7. The van der Waals surface area contributed by atoms with Crippen LogP contribution in [0, 0.1) is 36.2 Å². The Kier molecular flexibility index (Phi) is 27.0. The number of alkyl halides is 4.